The zero-order valence-corrected chi connectivity index (χ0v) is 6.63. The van der Waals surface area contributed by atoms with Gasteiger partial charge in [-0.3, -0.25) is 0 Å². The first-order valence-electron chi connectivity index (χ1n) is 2.97. The van der Waals surface area contributed by atoms with Crippen LogP contribution in [0.5, 0.6) is 0 Å². The van der Waals surface area contributed by atoms with Gasteiger partial charge in [0, 0.05) is 26.9 Å². The van der Waals surface area contributed by atoms with Crippen molar-refractivity contribution in [1.29, 1.82) is 0 Å². The van der Waals surface area contributed by atoms with E-state index in [9.17, 15) is 0 Å². The Hall–Kier alpha value is -0.570. The number of hydrogen-bond acceptors (Lipinski definition) is 3. The molecule has 0 spiro atoms. The molecule has 0 fully saturated rings. The van der Waals surface area contributed by atoms with Crippen LogP contribution in [-0.2, 0) is 0 Å². The third-order valence-corrected chi connectivity index (χ3v) is 0.759. The summed E-state index contributed by atoms with van der Waals surface area (Å²) in [4.78, 5) is 2.06. The largest absolute Gasteiger partial charge is 0.304 e. The van der Waals surface area contributed by atoms with Crippen molar-refractivity contribution in [2.24, 2.45) is 5.10 Å². The molecule has 0 aliphatic heterocycles. The molecule has 0 amide bonds. The van der Waals surface area contributed by atoms with Gasteiger partial charge in [-0.2, -0.15) is 5.10 Å². The summed E-state index contributed by atoms with van der Waals surface area (Å²) in [6.07, 6.45) is 1.88. The van der Waals surface area contributed by atoms with Crippen molar-refractivity contribution in [2.45, 2.75) is 0 Å². The lowest BCUT2D eigenvalue weighted by Gasteiger charge is -2.05. The Morgan fingerprint density at radius 1 is 1.22 bits per heavy atom. The summed E-state index contributed by atoms with van der Waals surface area (Å²) in [6, 6.07) is 0. The fourth-order valence-corrected chi connectivity index (χ4v) is 0.363. The Labute approximate surface area is 56.9 Å². The van der Waals surface area contributed by atoms with Gasteiger partial charge in [-0.05, 0) is 14.1 Å². The number of nitrogens with zero attached hydrogens (tertiary/aromatic N) is 3. The van der Waals surface area contributed by atoms with Crippen molar-refractivity contribution < 1.29 is 0 Å². The maximum atomic E-state index is 4.03. The lowest BCUT2D eigenvalue weighted by Crippen LogP contribution is -2.15. The van der Waals surface area contributed by atoms with Crippen LogP contribution in [0.4, 0.5) is 0 Å². The molecule has 0 saturated carbocycles. The first-order chi connectivity index (χ1) is 4.13. The molecule has 0 aromatic heterocycles. The van der Waals surface area contributed by atoms with E-state index in [2.05, 4.69) is 10.0 Å². The van der Waals surface area contributed by atoms with E-state index in [-0.39, 0.29) is 0 Å². The molecule has 0 radical (unpaired) electrons. The average molecular weight is 129 g/mol. The molecule has 0 unspecified atom stereocenters. The summed E-state index contributed by atoms with van der Waals surface area (Å²) >= 11 is 0. The maximum Gasteiger partial charge on any atom is 0.0385 e. The van der Waals surface area contributed by atoms with Crippen LogP contribution < -0.4 is 0 Å². The fraction of sp³-hybridized carbons (Fsp3) is 0.833. The summed E-state index contributed by atoms with van der Waals surface area (Å²) in [5.74, 6) is 0. The highest BCUT2D eigenvalue weighted by Gasteiger charge is 1.81. The first-order valence-corrected chi connectivity index (χ1v) is 2.97. The summed E-state index contributed by atoms with van der Waals surface area (Å²) in [5.41, 5.74) is 0. The quantitative estimate of drug-likeness (QED) is 0.397. The van der Waals surface area contributed by atoms with Gasteiger partial charge in [-0.1, -0.05) is 0 Å². The summed E-state index contributed by atoms with van der Waals surface area (Å²) in [7, 11) is 7.85. The van der Waals surface area contributed by atoms with E-state index in [1.807, 2.05) is 34.4 Å². The summed E-state index contributed by atoms with van der Waals surface area (Å²) in [6.45, 7) is 0.901. The highest BCUT2D eigenvalue weighted by molar-refractivity contribution is 5.58. The monoisotopic (exact) mass is 129 g/mol. The number of hydrogen-bond donors (Lipinski definition) is 0. The Balaban J connectivity index is 3.25. The molecule has 0 saturated heterocycles. The van der Waals surface area contributed by atoms with Crippen molar-refractivity contribution in [2.75, 3.05) is 34.7 Å². The molecule has 0 atom stereocenters. The molecule has 9 heavy (non-hydrogen) atoms. The molecule has 0 aliphatic rings. The van der Waals surface area contributed by atoms with E-state index in [0.29, 0.717) is 0 Å². The second kappa shape index (κ2) is 4.32. The van der Waals surface area contributed by atoms with Crippen LogP contribution in [0.2, 0.25) is 0 Å². The van der Waals surface area contributed by atoms with Crippen molar-refractivity contribution in [3.8, 4) is 0 Å². The van der Waals surface area contributed by atoms with Gasteiger partial charge in [-0.25, -0.2) is 0 Å². The van der Waals surface area contributed by atoms with E-state index in [4.69, 9.17) is 0 Å². The normalized spacial score (nSPS) is 11.2. The summed E-state index contributed by atoms with van der Waals surface area (Å²) < 4.78 is 0. The smallest absolute Gasteiger partial charge is 0.0385 e. The standard InChI is InChI=1S/C6H15N3/c1-8(2)6-5-7-9(3)4/h5H,6H2,1-4H3/b7-5-. The molecule has 0 bridgehead atoms. The minimum absolute atomic E-state index is 0.901. The van der Waals surface area contributed by atoms with Crippen molar-refractivity contribution in [3.05, 3.63) is 0 Å². The minimum Gasteiger partial charge on any atom is -0.304 e. The molecule has 0 aliphatic carbocycles. The zero-order valence-electron chi connectivity index (χ0n) is 6.63. The van der Waals surface area contributed by atoms with Crippen molar-refractivity contribution in [1.82, 2.24) is 9.91 Å². The Morgan fingerprint density at radius 3 is 2.11 bits per heavy atom. The molecule has 0 aromatic carbocycles. The Morgan fingerprint density at radius 2 is 1.78 bits per heavy atom. The number of rotatable bonds is 3. The van der Waals surface area contributed by atoms with E-state index in [1.54, 1.807) is 5.01 Å². The predicted octanol–water partition coefficient (Wildman–Crippen LogP) is 0.0954. The van der Waals surface area contributed by atoms with Crippen molar-refractivity contribution >= 4 is 6.21 Å². The lowest BCUT2D eigenvalue weighted by molar-refractivity contribution is 0.428. The van der Waals surface area contributed by atoms with Gasteiger partial charge in [0.05, 0.1) is 0 Å². The van der Waals surface area contributed by atoms with Crippen LogP contribution in [0, 0.1) is 0 Å². The molecular formula is C6H15N3. The molecule has 0 N–H and O–H groups in total. The Bertz CT molecular complexity index is 86.3. The van der Waals surface area contributed by atoms with Gasteiger partial charge in [-0.15, -0.1) is 0 Å². The zero-order chi connectivity index (χ0) is 7.28. The van der Waals surface area contributed by atoms with Crippen LogP contribution in [0.1, 0.15) is 0 Å². The van der Waals surface area contributed by atoms with E-state index in [1.165, 1.54) is 0 Å². The Kier molecular flexibility index (Phi) is 4.05. The topological polar surface area (TPSA) is 18.8 Å². The van der Waals surface area contributed by atoms with Gasteiger partial charge < -0.3 is 9.91 Å². The predicted molar refractivity (Wildman–Crippen MR) is 40.7 cm³/mol. The van der Waals surface area contributed by atoms with Gasteiger partial charge >= 0.3 is 0 Å². The second-order valence-corrected chi connectivity index (χ2v) is 2.41. The van der Waals surface area contributed by atoms with Crippen molar-refractivity contribution in [3.63, 3.8) is 0 Å². The number of hydrazone groups is 1. The fourth-order valence-electron chi connectivity index (χ4n) is 0.363. The SMILES string of the molecule is CN(C)C/C=N\N(C)C. The van der Waals surface area contributed by atoms with Gasteiger partial charge in [0.25, 0.3) is 0 Å². The van der Waals surface area contributed by atoms with Crippen LogP contribution in [0.25, 0.3) is 0 Å². The molecule has 3 heteroatoms. The van der Waals surface area contributed by atoms with Crippen LogP contribution in [-0.4, -0.2) is 50.9 Å². The third-order valence-electron chi connectivity index (χ3n) is 0.759. The van der Waals surface area contributed by atoms with E-state index in [0.717, 1.165) is 6.54 Å². The van der Waals surface area contributed by atoms with Crippen LogP contribution in [0.15, 0.2) is 5.10 Å². The van der Waals surface area contributed by atoms with Gasteiger partial charge in [0.1, 0.15) is 0 Å². The van der Waals surface area contributed by atoms with E-state index < -0.39 is 0 Å². The molecule has 3 nitrogen and oxygen atoms in total. The molecular weight excluding hydrogens is 114 g/mol. The van der Waals surface area contributed by atoms with Crippen LogP contribution in [0.3, 0.4) is 0 Å². The van der Waals surface area contributed by atoms with Gasteiger partial charge in [0.15, 0.2) is 0 Å². The lowest BCUT2D eigenvalue weighted by atomic mass is 10.6. The highest BCUT2D eigenvalue weighted by Crippen LogP contribution is 1.73. The molecule has 0 heterocycles. The molecule has 54 valence electrons. The molecule has 0 rings (SSSR count). The second-order valence-electron chi connectivity index (χ2n) is 2.41. The molecule has 0 aromatic rings. The summed E-state index contributed by atoms with van der Waals surface area (Å²) in [5, 5.41) is 5.81. The third kappa shape index (κ3) is 7.43. The highest BCUT2D eigenvalue weighted by atomic mass is 15.4. The van der Waals surface area contributed by atoms with Gasteiger partial charge in [0.2, 0.25) is 0 Å². The first kappa shape index (κ1) is 8.43. The van der Waals surface area contributed by atoms with Crippen LogP contribution >= 0.6 is 0 Å². The minimum atomic E-state index is 0.901. The maximum absolute atomic E-state index is 4.03. The average Bonchev–Trinajstić information content (AvgIpc) is 1.63. The van der Waals surface area contributed by atoms with E-state index >= 15 is 0 Å².